The predicted molar refractivity (Wildman–Crippen MR) is 105 cm³/mol. The van der Waals surface area contributed by atoms with Gasteiger partial charge in [0, 0.05) is 39.3 Å². The van der Waals surface area contributed by atoms with Gasteiger partial charge in [-0.15, -0.1) is 10.2 Å². The zero-order valence-corrected chi connectivity index (χ0v) is 16.5. The first-order valence-electron chi connectivity index (χ1n) is 9.64. The molecule has 1 aromatic carbocycles. The number of carbonyl (C=O) groups excluding carboxylic acids is 1. The summed E-state index contributed by atoms with van der Waals surface area (Å²) < 4.78 is 39.6. The van der Waals surface area contributed by atoms with Gasteiger partial charge in [-0.05, 0) is 38.1 Å². The molecule has 1 aliphatic rings. The number of halogens is 3. The number of amides is 1. The molecule has 2 heterocycles. The Morgan fingerprint density at radius 1 is 1.00 bits per heavy atom. The van der Waals surface area contributed by atoms with Crippen molar-refractivity contribution in [2.75, 3.05) is 49.1 Å². The number of anilines is 2. The Hall–Kier alpha value is -2.84. The number of aromatic nitrogens is 2. The fourth-order valence-corrected chi connectivity index (χ4v) is 3.43. The average molecular weight is 407 g/mol. The predicted octanol–water partition coefficient (Wildman–Crippen LogP) is 3.30. The van der Waals surface area contributed by atoms with E-state index < -0.39 is 17.6 Å². The van der Waals surface area contributed by atoms with Gasteiger partial charge in [0.2, 0.25) is 0 Å². The molecule has 0 atom stereocenters. The molecule has 1 saturated heterocycles. The van der Waals surface area contributed by atoms with Gasteiger partial charge in [0.1, 0.15) is 0 Å². The molecule has 0 saturated carbocycles. The molecule has 29 heavy (non-hydrogen) atoms. The summed E-state index contributed by atoms with van der Waals surface area (Å²) in [5.74, 6) is 0.903. The quantitative estimate of drug-likeness (QED) is 0.761. The van der Waals surface area contributed by atoms with Gasteiger partial charge in [0.05, 0.1) is 11.1 Å². The number of hydrogen-bond acceptors (Lipinski definition) is 5. The summed E-state index contributed by atoms with van der Waals surface area (Å²) >= 11 is 0. The highest BCUT2D eigenvalue weighted by Gasteiger charge is 2.36. The minimum absolute atomic E-state index is 0.309. The van der Waals surface area contributed by atoms with E-state index >= 15 is 0 Å². The number of hydrogen-bond donors (Lipinski definition) is 0. The Morgan fingerprint density at radius 3 is 2.21 bits per heavy atom. The van der Waals surface area contributed by atoms with E-state index in [1.54, 1.807) is 0 Å². The fourth-order valence-electron chi connectivity index (χ4n) is 3.43. The molecule has 0 radical (unpaired) electrons. The Morgan fingerprint density at radius 2 is 1.66 bits per heavy atom. The van der Waals surface area contributed by atoms with Crippen LogP contribution in [0.4, 0.5) is 24.8 Å². The van der Waals surface area contributed by atoms with Gasteiger partial charge in [0.25, 0.3) is 5.91 Å². The number of nitrogens with zero attached hydrogens (tertiary/aromatic N) is 5. The third kappa shape index (κ3) is 4.60. The number of piperazine rings is 1. The second kappa shape index (κ2) is 8.67. The molecule has 6 nitrogen and oxygen atoms in total. The lowest BCUT2D eigenvalue weighted by molar-refractivity contribution is -0.138. The first kappa shape index (κ1) is 20.9. The Bertz CT molecular complexity index is 829. The lowest BCUT2D eigenvalue weighted by atomic mass is 10.1. The maximum absolute atomic E-state index is 13.2. The van der Waals surface area contributed by atoms with Crippen LogP contribution in [-0.2, 0) is 6.18 Å². The fraction of sp³-hybridized carbons (Fsp3) is 0.450. The lowest BCUT2D eigenvalue weighted by Crippen LogP contribution is -2.49. The third-order valence-corrected chi connectivity index (χ3v) is 5.08. The molecule has 0 unspecified atom stereocenters. The Kier molecular flexibility index (Phi) is 6.24. The molecule has 0 bridgehead atoms. The summed E-state index contributed by atoms with van der Waals surface area (Å²) in [6.45, 7) is 7.39. The summed E-state index contributed by atoms with van der Waals surface area (Å²) in [7, 11) is 0. The molecule has 1 aromatic heterocycles. The second-order valence-corrected chi connectivity index (χ2v) is 6.74. The molecular formula is C20H24F3N5O. The molecule has 2 aromatic rings. The lowest BCUT2D eigenvalue weighted by Gasteiger charge is -2.35. The van der Waals surface area contributed by atoms with Gasteiger partial charge in [-0.1, -0.05) is 12.1 Å². The summed E-state index contributed by atoms with van der Waals surface area (Å²) in [4.78, 5) is 18.2. The second-order valence-electron chi connectivity index (χ2n) is 6.74. The van der Waals surface area contributed by atoms with Crippen molar-refractivity contribution >= 4 is 17.5 Å². The van der Waals surface area contributed by atoms with Crippen LogP contribution >= 0.6 is 0 Å². The molecule has 0 N–H and O–H groups in total. The van der Waals surface area contributed by atoms with Crippen molar-refractivity contribution in [1.29, 1.82) is 0 Å². The molecular weight excluding hydrogens is 383 g/mol. The normalized spacial score (nSPS) is 14.8. The van der Waals surface area contributed by atoms with Gasteiger partial charge in [-0.3, -0.25) is 4.79 Å². The molecule has 1 fully saturated rings. The van der Waals surface area contributed by atoms with E-state index in [1.807, 2.05) is 30.9 Å². The maximum atomic E-state index is 13.2. The Balaban J connectivity index is 1.66. The van der Waals surface area contributed by atoms with Crippen molar-refractivity contribution in [2.24, 2.45) is 0 Å². The van der Waals surface area contributed by atoms with Crippen LogP contribution < -0.4 is 9.80 Å². The first-order chi connectivity index (χ1) is 13.8. The number of rotatable bonds is 5. The van der Waals surface area contributed by atoms with Gasteiger partial charge in [-0.25, -0.2) is 0 Å². The third-order valence-electron chi connectivity index (χ3n) is 5.08. The van der Waals surface area contributed by atoms with Crippen molar-refractivity contribution in [3.63, 3.8) is 0 Å². The molecule has 3 rings (SSSR count). The van der Waals surface area contributed by atoms with Crippen LogP contribution in [0.3, 0.4) is 0 Å². The summed E-state index contributed by atoms with van der Waals surface area (Å²) in [6.07, 6.45) is -4.56. The van der Waals surface area contributed by atoms with Gasteiger partial charge < -0.3 is 14.7 Å². The summed E-state index contributed by atoms with van der Waals surface area (Å²) in [6, 6.07) is 8.71. The highest BCUT2D eigenvalue weighted by molar-refractivity contribution is 5.96. The van der Waals surface area contributed by atoms with Crippen LogP contribution in [0.25, 0.3) is 0 Å². The average Bonchev–Trinajstić information content (AvgIpc) is 2.74. The molecule has 1 aliphatic heterocycles. The van der Waals surface area contributed by atoms with Crippen LogP contribution in [0.5, 0.6) is 0 Å². The molecule has 1 amide bonds. The van der Waals surface area contributed by atoms with Gasteiger partial charge >= 0.3 is 6.18 Å². The maximum Gasteiger partial charge on any atom is 0.417 e. The SMILES string of the molecule is CCN(CC)c1ccc(N2CCN(C(=O)c3ccccc3C(F)(F)F)CC2)nn1. The molecule has 156 valence electrons. The number of benzene rings is 1. The van der Waals surface area contributed by atoms with E-state index in [-0.39, 0.29) is 5.56 Å². The minimum atomic E-state index is -4.56. The van der Waals surface area contributed by atoms with Crippen molar-refractivity contribution in [2.45, 2.75) is 20.0 Å². The number of carbonyl (C=O) groups is 1. The minimum Gasteiger partial charge on any atom is -0.356 e. The zero-order chi connectivity index (χ0) is 21.0. The Labute approximate surface area is 167 Å². The van der Waals surface area contributed by atoms with Crippen LogP contribution in [0.2, 0.25) is 0 Å². The first-order valence-corrected chi connectivity index (χ1v) is 9.64. The van der Waals surface area contributed by atoms with Crippen molar-refractivity contribution in [1.82, 2.24) is 15.1 Å². The highest BCUT2D eigenvalue weighted by atomic mass is 19.4. The van der Waals surface area contributed by atoms with E-state index in [2.05, 4.69) is 15.1 Å². The molecule has 9 heteroatoms. The molecule has 0 spiro atoms. The van der Waals surface area contributed by atoms with Crippen LogP contribution in [0.1, 0.15) is 29.8 Å². The van der Waals surface area contributed by atoms with Crippen molar-refractivity contribution in [3.05, 3.63) is 47.5 Å². The smallest absolute Gasteiger partial charge is 0.356 e. The van der Waals surface area contributed by atoms with Crippen molar-refractivity contribution < 1.29 is 18.0 Å². The van der Waals surface area contributed by atoms with Crippen LogP contribution in [0, 0.1) is 0 Å². The van der Waals surface area contributed by atoms with E-state index in [9.17, 15) is 18.0 Å². The van der Waals surface area contributed by atoms with E-state index in [0.29, 0.717) is 32.0 Å². The van der Waals surface area contributed by atoms with Crippen molar-refractivity contribution in [3.8, 4) is 0 Å². The van der Waals surface area contributed by atoms with Crippen LogP contribution in [0.15, 0.2) is 36.4 Å². The summed E-state index contributed by atoms with van der Waals surface area (Å²) in [5, 5.41) is 8.54. The number of alkyl halides is 3. The van der Waals surface area contributed by atoms with Crippen LogP contribution in [-0.4, -0.2) is 60.3 Å². The van der Waals surface area contributed by atoms with Gasteiger partial charge in [-0.2, -0.15) is 13.2 Å². The monoisotopic (exact) mass is 407 g/mol. The summed E-state index contributed by atoms with van der Waals surface area (Å²) in [5.41, 5.74) is -1.21. The topological polar surface area (TPSA) is 52.6 Å². The zero-order valence-electron chi connectivity index (χ0n) is 16.5. The largest absolute Gasteiger partial charge is 0.417 e. The molecule has 0 aliphatic carbocycles. The van der Waals surface area contributed by atoms with E-state index in [0.717, 1.165) is 25.0 Å². The van der Waals surface area contributed by atoms with Gasteiger partial charge in [0.15, 0.2) is 11.6 Å². The highest BCUT2D eigenvalue weighted by Crippen LogP contribution is 2.32. The standard InChI is InChI=1S/C20H24F3N5O/c1-3-26(4-2)17-9-10-18(25-24-17)27-11-13-28(14-12-27)19(29)15-7-5-6-8-16(15)20(21,22)23/h5-10H,3-4,11-14H2,1-2H3. The van der Waals surface area contributed by atoms with E-state index in [4.69, 9.17) is 0 Å². The van der Waals surface area contributed by atoms with E-state index in [1.165, 1.54) is 23.1 Å².